The Balaban J connectivity index is 0.00000225. The smallest absolute Gasteiger partial charge is 0.240 e. The SMILES string of the molecule is Cc1ccc(S(=O)(=O)NCCCN)cc1.Cl. The van der Waals surface area contributed by atoms with Crippen molar-refractivity contribution in [2.75, 3.05) is 13.1 Å². The Morgan fingerprint density at radius 1 is 1.25 bits per heavy atom. The fraction of sp³-hybridized carbons (Fsp3) is 0.400. The lowest BCUT2D eigenvalue weighted by atomic mass is 10.2. The zero-order valence-corrected chi connectivity index (χ0v) is 10.8. The lowest BCUT2D eigenvalue weighted by molar-refractivity contribution is 0.579. The molecule has 1 aromatic rings. The molecule has 3 N–H and O–H groups in total. The Labute approximate surface area is 103 Å². The molecule has 0 spiro atoms. The largest absolute Gasteiger partial charge is 0.330 e. The molecule has 1 rings (SSSR count). The number of rotatable bonds is 5. The zero-order chi connectivity index (χ0) is 11.3. The van der Waals surface area contributed by atoms with Gasteiger partial charge >= 0.3 is 0 Å². The van der Waals surface area contributed by atoms with E-state index in [9.17, 15) is 8.42 Å². The van der Waals surface area contributed by atoms with Gasteiger partial charge in [0.2, 0.25) is 10.0 Å². The molecule has 0 radical (unpaired) electrons. The summed E-state index contributed by atoms with van der Waals surface area (Å²) in [4.78, 5) is 0.296. The van der Waals surface area contributed by atoms with Crippen molar-refractivity contribution in [3.8, 4) is 0 Å². The molecule has 0 aliphatic heterocycles. The number of benzene rings is 1. The van der Waals surface area contributed by atoms with E-state index < -0.39 is 10.0 Å². The van der Waals surface area contributed by atoms with Crippen LogP contribution >= 0.6 is 12.4 Å². The van der Waals surface area contributed by atoms with Gasteiger partial charge in [0.1, 0.15) is 0 Å². The molecule has 0 aliphatic carbocycles. The zero-order valence-electron chi connectivity index (χ0n) is 9.14. The lowest BCUT2D eigenvalue weighted by Crippen LogP contribution is -2.26. The highest BCUT2D eigenvalue weighted by Gasteiger charge is 2.11. The van der Waals surface area contributed by atoms with Crippen LogP contribution in [0, 0.1) is 6.92 Å². The minimum Gasteiger partial charge on any atom is -0.330 e. The van der Waals surface area contributed by atoms with E-state index in [-0.39, 0.29) is 12.4 Å². The van der Waals surface area contributed by atoms with Gasteiger partial charge in [-0.25, -0.2) is 13.1 Å². The van der Waals surface area contributed by atoms with Crippen molar-refractivity contribution in [1.82, 2.24) is 4.72 Å². The second-order valence-corrected chi connectivity index (χ2v) is 5.12. The van der Waals surface area contributed by atoms with Gasteiger partial charge in [-0.15, -0.1) is 12.4 Å². The summed E-state index contributed by atoms with van der Waals surface area (Å²) in [6.45, 7) is 2.78. The summed E-state index contributed by atoms with van der Waals surface area (Å²) in [7, 11) is -3.35. The molecule has 4 nitrogen and oxygen atoms in total. The summed E-state index contributed by atoms with van der Waals surface area (Å²) in [6, 6.07) is 6.75. The van der Waals surface area contributed by atoms with Crippen LogP contribution in [0.4, 0.5) is 0 Å². The third kappa shape index (κ3) is 4.49. The molecular formula is C10H17ClN2O2S. The van der Waals surface area contributed by atoms with Crippen molar-refractivity contribution in [1.29, 1.82) is 0 Å². The molecule has 92 valence electrons. The second-order valence-electron chi connectivity index (χ2n) is 3.35. The molecule has 0 heterocycles. The molecule has 6 heteroatoms. The molecule has 0 saturated heterocycles. The van der Waals surface area contributed by atoms with Crippen LogP contribution in [0.15, 0.2) is 29.2 Å². The van der Waals surface area contributed by atoms with Crippen LogP contribution in [0.2, 0.25) is 0 Å². The minimum absolute atomic E-state index is 0. The molecule has 0 aromatic heterocycles. The Morgan fingerprint density at radius 3 is 2.31 bits per heavy atom. The van der Waals surface area contributed by atoms with Gasteiger partial charge in [0, 0.05) is 6.54 Å². The topological polar surface area (TPSA) is 72.2 Å². The fourth-order valence-corrected chi connectivity index (χ4v) is 2.18. The normalized spacial score (nSPS) is 10.9. The van der Waals surface area contributed by atoms with Gasteiger partial charge < -0.3 is 5.73 Å². The predicted octanol–water partition coefficient (Wildman–Crippen LogP) is 1.04. The molecule has 0 atom stereocenters. The van der Waals surface area contributed by atoms with Crippen LogP contribution in [0.1, 0.15) is 12.0 Å². The Morgan fingerprint density at radius 2 is 1.81 bits per heavy atom. The van der Waals surface area contributed by atoms with E-state index in [2.05, 4.69) is 4.72 Å². The second kappa shape index (κ2) is 6.85. The van der Waals surface area contributed by atoms with Gasteiger partial charge in [-0.3, -0.25) is 0 Å². The maximum atomic E-state index is 11.7. The first kappa shape index (κ1) is 15.4. The maximum absolute atomic E-state index is 11.7. The third-order valence-corrected chi connectivity index (χ3v) is 3.48. The molecule has 0 unspecified atom stereocenters. The van der Waals surface area contributed by atoms with Crippen LogP contribution in [0.25, 0.3) is 0 Å². The van der Waals surface area contributed by atoms with E-state index in [1.165, 1.54) is 0 Å². The average molecular weight is 265 g/mol. The molecule has 0 saturated carbocycles. The number of hydrogen-bond donors (Lipinski definition) is 2. The van der Waals surface area contributed by atoms with Crippen LogP contribution in [0.5, 0.6) is 0 Å². The number of nitrogens with two attached hydrogens (primary N) is 1. The number of nitrogens with one attached hydrogen (secondary N) is 1. The number of aryl methyl sites for hydroxylation is 1. The number of halogens is 1. The molecule has 0 fully saturated rings. The van der Waals surface area contributed by atoms with Crippen LogP contribution in [-0.4, -0.2) is 21.5 Å². The van der Waals surface area contributed by atoms with Crippen molar-refractivity contribution >= 4 is 22.4 Å². The standard InChI is InChI=1S/C10H16N2O2S.ClH/c1-9-3-5-10(6-4-9)15(13,14)12-8-2-7-11;/h3-6,12H,2,7-8,11H2,1H3;1H. The monoisotopic (exact) mass is 264 g/mol. The lowest BCUT2D eigenvalue weighted by Gasteiger charge is -2.05. The molecule has 0 bridgehead atoms. The molecule has 1 aromatic carbocycles. The summed E-state index contributed by atoms with van der Waals surface area (Å²) in [6.07, 6.45) is 0.644. The Bertz CT molecular complexity index is 403. The molecule has 0 amide bonds. The first-order chi connectivity index (χ1) is 7.06. The van der Waals surface area contributed by atoms with Crippen molar-refractivity contribution in [3.63, 3.8) is 0 Å². The Hall–Kier alpha value is -0.620. The number of sulfonamides is 1. The molecule has 16 heavy (non-hydrogen) atoms. The maximum Gasteiger partial charge on any atom is 0.240 e. The first-order valence-corrected chi connectivity index (χ1v) is 6.31. The van der Waals surface area contributed by atoms with Crippen molar-refractivity contribution in [2.24, 2.45) is 5.73 Å². The van der Waals surface area contributed by atoms with E-state index in [4.69, 9.17) is 5.73 Å². The van der Waals surface area contributed by atoms with E-state index in [1.807, 2.05) is 6.92 Å². The van der Waals surface area contributed by atoms with Gasteiger partial charge in [-0.05, 0) is 32.0 Å². The van der Waals surface area contributed by atoms with Crippen LogP contribution in [-0.2, 0) is 10.0 Å². The van der Waals surface area contributed by atoms with E-state index in [0.29, 0.717) is 24.4 Å². The third-order valence-electron chi connectivity index (χ3n) is 2.00. The van der Waals surface area contributed by atoms with Gasteiger partial charge in [0.25, 0.3) is 0 Å². The highest BCUT2D eigenvalue weighted by Crippen LogP contribution is 2.09. The van der Waals surface area contributed by atoms with Gasteiger partial charge in [-0.1, -0.05) is 17.7 Å². The number of hydrogen-bond acceptors (Lipinski definition) is 3. The van der Waals surface area contributed by atoms with Gasteiger partial charge in [0.15, 0.2) is 0 Å². The van der Waals surface area contributed by atoms with Gasteiger partial charge in [0.05, 0.1) is 4.90 Å². The summed E-state index contributed by atoms with van der Waals surface area (Å²) >= 11 is 0. The predicted molar refractivity (Wildman–Crippen MR) is 67.3 cm³/mol. The first-order valence-electron chi connectivity index (χ1n) is 4.82. The fourth-order valence-electron chi connectivity index (χ4n) is 1.11. The van der Waals surface area contributed by atoms with E-state index >= 15 is 0 Å². The highest BCUT2D eigenvalue weighted by atomic mass is 35.5. The average Bonchev–Trinajstić information content (AvgIpc) is 2.18. The van der Waals surface area contributed by atoms with E-state index in [1.54, 1.807) is 24.3 Å². The van der Waals surface area contributed by atoms with Crippen molar-refractivity contribution < 1.29 is 8.42 Å². The van der Waals surface area contributed by atoms with Crippen LogP contribution < -0.4 is 10.5 Å². The summed E-state index contributed by atoms with van der Waals surface area (Å²) in [5.74, 6) is 0. The van der Waals surface area contributed by atoms with Gasteiger partial charge in [-0.2, -0.15) is 0 Å². The Kier molecular flexibility index (Phi) is 6.59. The van der Waals surface area contributed by atoms with E-state index in [0.717, 1.165) is 5.56 Å². The summed E-state index contributed by atoms with van der Waals surface area (Å²) < 4.78 is 25.8. The minimum atomic E-state index is -3.35. The van der Waals surface area contributed by atoms with Crippen LogP contribution in [0.3, 0.4) is 0 Å². The molecular weight excluding hydrogens is 248 g/mol. The summed E-state index contributed by atoms with van der Waals surface area (Å²) in [5, 5.41) is 0. The van der Waals surface area contributed by atoms with Crippen molar-refractivity contribution in [2.45, 2.75) is 18.2 Å². The summed E-state index contributed by atoms with van der Waals surface area (Å²) in [5.41, 5.74) is 6.32. The quantitative estimate of drug-likeness (QED) is 0.781. The van der Waals surface area contributed by atoms with Crippen molar-refractivity contribution in [3.05, 3.63) is 29.8 Å². The molecule has 0 aliphatic rings. The highest BCUT2D eigenvalue weighted by molar-refractivity contribution is 7.89.